The van der Waals surface area contributed by atoms with Crippen LogP contribution in [0.1, 0.15) is 16.1 Å². The normalized spacial score (nSPS) is 14.5. The van der Waals surface area contributed by atoms with Crippen molar-refractivity contribution in [2.75, 3.05) is 5.73 Å². The summed E-state index contributed by atoms with van der Waals surface area (Å²) in [6, 6.07) is 3.25. The molecule has 2 N–H and O–H groups in total. The number of nitrogens with zero attached hydrogens (tertiary/aromatic N) is 1. The highest BCUT2D eigenvalue weighted by Crippen LogP contribution is 2.16. The summed E-state index contributed by atoms with van der Waals surface area (Å²) in [6.45, 7) is 0. The number of aromatic nitrogens is 1. The smallest absolute Gasteiger partial charge is 0.251 e. The first-order valence-corrected chi connectivity index (χ1v) is 3.72. The third-order valence-corrected chi connectivity index (χ3v) is 1.80. The third-order valence-electron chi connectivity index (χ3n) is 1.80. The zero-order valence-corrected chi connectivity index (χ0v) is 6.65. The summed E-state index contributed by atoms with van der Waals surface area (Å²) in [5.41, 5.74) is 6.17. The number of nitrogens with two attached hydrogens (primary N) is 1. The van der Waals surface area contributed by atoms with Crippen LogP contribution >= 0.6 is 0 Å². The molecule has 0 spiro atoms. The van der Waals surface area contributed by atoms with Crippen LogP contribution in [-0.2, 0) is 4.79 Å². The second-order valence-corrected chi connectivity index (χ2v) is 2.70. The number of fused-ring (bicyclic) bond motifs is 1. The lowest BCUT2D eigenvalue weighted by Gasteiger charge is -2.06. The molecule has 1 aliphatic carbocycles. The Labute approximate surface area is 74.1 Å². The Morgan fingerprint density at radius 2 is 1.92 bits per heavy atom. The highest BCUT2D eigenvalue weighted by Gasteiger charge is 2.22. The van der Waals surface area contributed by atoms with Crippen molar-refractivity contribution in [1.29, 1.82) is 0 Å². The van der Waals surface area contributed by atoms with Crippen molar-refractivity contribution in [3.05, 3.63) is 29.5 Å². The lowest BCUT2D eigenvalue weighted by atomic mass is 10.0. The molecule has 0 unspecified atom stereocenters. The predicted octanol–water partition coefficient (Wildman–Crippen LogP) is 0.442. The molecule has 0 atom stereocenters. The minimum atomic E-state index is -0.593. The van der Waals surface area contributed by atoms with E-state index in [1.54, 1.807) is 18.2 Å². The highest BCUT2D eigenvalue weighted by atomic mass is 16.2. The van der Waals surface area contributed by atoms with Gasteiger partial charge in [-0.15, -0.1) is 0 Å². The van der Waals surface area contributed by atoms with Gasteiger partial charge in [0.05, 0.1) is 0 Å². The van der Waals surface area contributed by atoms with Crippen molar-refractivity contribution in [2.45, 2.75) is 0 Å². The molecule has 1 aromatic rings. The van der Waals surface area contributed by atoms with Gasteiger partial charge in [-0.3, -0.25) is 9.59 Å². The first-order chi connectivity index (χ1) is 6.18. The monoisotopic (exact) mass is 174 g/mol. The number of Topliss-reactive ketones (excluding diaryl/α,β-unsaturated/α-hetero) is 1. The van der Waals surface area contributed by atoms with E-state index in [0.717, 1.165) is 0 Å². The van der Waals surface area contributed by atoms with E-state index in [9.17, 15) is 9.59 Å². The number of hydrogen-bond donors (Lipinski definition) is 1. The van der Waals surface area contributed by atoms with Gasteiger partial charge in [0.1, 0.15) is 11.5 Å². The summed E-state index contributed by atoms with van der Waals surface area (Å²) in [7, 11) is 0. The topological polar surface area (TPSA) is 73.0 Å². The fraction of sp³-hybridized carbons (Fsp3) is 0. The molecule has 4 nitrogen and oxygen atoms in total. The van der Waals surface area contributed by atoms with Crippen molar-refractivity contribution in [2.24, 2.45) is 0 Å². The molecule has 4 heteroatoms. The van der Waals surface area contributed by atoms with E-state index >= 15 is 0 Å². The van der Waals surface area contributed by atoms with Crippen molar-refractivity contribution in [1.82, 2.24) is 4.98 Å². The molecule has 0 amide bonds. The van der Waals surface area contributed by atoms with Crippen molar-refractivity contribution >= 4 is 23.5 Å². The second kappa shape index (κ2) is 2.52. The Kier molecular flexibility index (Phi) is 1.48. The van der Waals surface area contributed by atoms with Gasteiger partial charge in [-0.1, -0.05) is 0 Å². The van der Waals surface area contributed by atoms with E-state index < -0.39 is 11.6 Å². The maximum atomic E-state index is 11.2. The van der Waals surface area contributed by atoms with Gasteiger partial charge < -0.3 is 5.73 Å². The number of carbonyl (C=O) groups is 2. The van der Waals surface area contributed by atoms with Crippen molar-refractivity contribution in [3.63, 3.8) is 0 Å². The number of nitrogen functional groups attached to an aromatic ring is 1. The Balaban J connectivity index is 2.67. The number of allylic oxidation sites excluding steroid dienone is 1. The quantitative estimate of drug-likeness (QED) is 0.579. The molecule has 1 aliphatic rings. The van der Waals surface area contributed by atoms with E-state index in [1.165, 1.54) is 6.08 Å². The van der Waals surface area contributed by atoms with E-state index in [-0.39, 0.29) is 11.5 Å². The first-order valence-electron chi connectivity index (χ1n) is 3.72. The summed E-state index contributed by atoms with van der Waals surface area (Å²) in [6.07, 6.45) is 2.80. The fourth-order valence-electron chi connectivity index (χ4n) is 1.16. The maximum absolute atomic E-state index is 11.2. The number of pyridine rings is 1. The summed E-state index contributed by atoms with van der Waals surface area (Å²) >= 11 is 0. The molecule has 13 heavy (non-hydrogen) atoms. The molecule has 0 saturated heterocycles. The number of hydrogen-bond acceptors (Lipinski definition) is 4. The zero-order chi connectivity index (χ0) is 9.42. The molecule has 1 heterocycles. The summed E-state index contributed by atoms with van der Waals surface area (Å²) < 4.78 is 0. The molecular weight excluding hydrogens is 168 g/mol. The molecule has 0 fully saturated rings. The molecule has 64 valence electrons. The van der Waals surface area contributed by atoms with Gasteiger partial charge in [0.25, 0.3) is 5.78 Å². The standard InChI is InChI=1S/C9H6N2O2/c10-7-4-2-5-1-3-6(12)9(13)8(5)11-7/h1-4H,(H2,10,11). The molecular formula is C9H6N2O2. The Bertz CT molecular complexity index is 435. The SMILES string of the molecule is Nc1ccc2c(n1)C(=O)C(=O)C=C2. The van der Waals surface area contributed by atoms with E-state index in [0.29, 0.717) is 5.56 Å². The zero-order valence-electron chi connectivity index (χ0n) is 6.65. The number of anilines is 1. The predicted molar refractivity (Wildman–Crippen MR) is 47.0 cm³/mol. The Hall–Kier alpha value is -1.97. The minimum absolute atomic E-state index is 0.146. The van der Waals surface area contributed by atoms with E-state index in [1.807, 2.05) is 0 Å². The van der Waals surface area contributed by atoms with Crippen LogP contribution in [0.15, 0.2) is 18.2 Å². The highest BCUT2D eigenvalue weighted by molar-refractivity contribution is 6.49. The van der Waals surface area contributed by atoms with Gasteiger partial charge in [0, 0.05) is 5.56 Å². The van der Waals surface area contributed by atoms with Crippen LogP contribution < -0.4 is 5.73 Å². The molecule has 0 radical (unpaired) electrons. The van der Waals surface area contributed by atoms with E-state index in [4.69, 9.17) is 5.73 Å². The summed E-state index contributed by atoms with van der Waals surface area (Å²) in [5, 5.41) is 0. The largest absolute Gasteiger partial charge is 0.384 e. The van der Waals surface area contributed by atoms with Crippen LogP contribution in [0.5, 0.6) is 0 Å². The van der Waals surface area contributed by atoms with Crippen molar-refractivity contribution in [3.8, 4) is 0 Å². The first kappa shape index (κ1) is 7.67. The maximum Gasteiger partial charge on any atom is 0.251 e. The lowest BCUT2D eigenvalue weighted by Crippen LogP contribution is -2.18. The van der Waals surface area contributed by atoms with Gasteiger partial charge in [-0.2, -0.15) is 0 Å². The average Bonchev–Trinajstić information content (AvgIpc) is 2.12. The Morgan fingerprint density at radius 3 is 2.69 bits per heavy atom. The fourth-order valence-corrected chi connectivity index (χ4v) is 1.16. The summed E-state index contributed by atoms with van der Waals surface area (Å²) in [4.78, 5) is 26.0. The van der Waals surface area contributed by atoms with Crippen LogP contribution in [0.3, 0.4) is 0 Å². The number of carbonyl (C=O) groups excluding carboxylic acids is 2. The van der Waals surface area contributed by atoms with Crippen LogP contribution in [-0.4, -0.2) is 16.6 Å². The lowest BCUT2D eigenvalue weighted by molar-refractivity contribution is -0.111. The van der Waals surface area contributed by atoms with Crippen LogP contribution in [0.4, 0.5) is 5.82 Å². The molecule has 0 aliphatic heterocycles. The van der Waals surface area contributed by atoms with Crippen LogP contribution in [0.25, 0.3) is 6.08 Å². The molecule has 2 rings (SSSR count). The molecule has 0 saturated carbocycles. The van der Waals surface area contributed by atoms with Gasteiger partial charge in [0.2, 0.25) is 5.78 Å². The van der Waals surface area contributed by atoms with Crippen LogP contribution in [0.2, 0.25) is 0 Å². The van der Waals surface area contributed by atoms with Gasteiger partial charge in [-0.05, 0) is 24.3 Å². The number of ketones is 2. The second-order valence-electron chi connectivity index (χ2n) is 2.70. The third kappa shape index (κ3) is 1.12. The van der Waals surface area contributed by atoms with Gasteiger partial charge in [0.15, 0.2) is 0 Å². The summed E-state index contributed by atoms with van der Waals surface area (Å²) in [5.74, 6) is -0.898. The molecule has 1 aromatic heterocycles. The van der Waals surface area contributed by atoms with Crippen molar-refractivity contribution < 1.29 is 9.59 Å². The number of rotatable bonds is 0. The Morgan fingerprint density at radius 1 is 1.15 bits per heavy atom. The van der Waals surface area contributed by atoms with Gasteiger partial charge >= 0.3 is 0 Å². The van der Waals surface area contributed by atoms with Crippen LogP contribution in [0, 0.1) is 0 Å². The average molecular weight is 174 g/mol. The molecule has 0 bridgehead atoms. The van der Waals surface area contributed by atoms with Gasteiger partial charge in [-0.25, -0.2) is 4.98 Å². The minimum Gasteiger partial charge on any atom is -0.384 e. The van der Waals surface area contributed by atoms with E-state index in [2.05, 4.69) is 4.98 Å². The molecule has 0 aromatic carbocycles.